The molecule has 1 aliphatic carbocycles. The highest BCUT2D eigenvalue weighted by Crippen LogP contribution is 2.53. The lowest BCUT2D eigenvalue weighted by Gasteiger charge is -2.40. The third-order valence-electron chi connectivity index (χ3n) is 10.9. The molecule has 0 radical (unpaired) electrons. The summed E-state index contributed by atoms with van der Waals surface area (Å²) in [7, 11) is 0. The molecule has 0 bridgehead atoms. The Balaban J connectivity index is 1.15. The molecule has 2 aliphatic rings. The van der Waals surface area contributed by atoms with E-state index in [1.54, 1.807) is 0 Å². The first-order chi connectivity index (χ1) is 24.3. The van der Waals surface area contributed by atoms with E-state index in [-0.39, 0.29) is 16.7 Å². The second-order valence-electron chi connectivity index (χ2n) is 14.6. The van der Waals surface area contributed by atoms with Crippen molar-refractivity contribution in [2.24, 2.45) is 0 Å². The normalized spacial score (nSPS) is 15.2. The van der Waals surface area contributed by atoms with Gasteiger partial charge in [0.2, 0.25) is 0 Å². The van der Waals surface area contributed by atoms with Gasteiger partial charge in [-0.05, 0) is 46.0 Å². The van der Waals surface area contributed by atoms with Crippen LogP contribution >= 0.6 is 0 Å². The molecule has 0 unspecified atom stereocenters. The summed E-state index contributed by atoms with van der Waals surface area (Å²) >= 11 is 0. The third kappa shape index (κ3) is 4.80. The Labute approximate surface area is 294 Å². The molecule has 1 aromatic heterocycles. The summed E-state index contributed by atoms with van der Waals surface area (Å²) in [5.41, 5.74) is 13.5. The molecule has 0 fully saturated rings. The van der Waals surface area contributed by atoms with Crippen LogP contribution in [0, 0.1) is 0 Å². The van der Waals surface area contributed by atoms with Crippen LogP contribution in [0.15, 0.2) is 152 Å². The standard InChI is InChI=1S/C47H38N2O/c1-46(2)36-21-13-11-19-34(36)44(35-20-12-14-22-37(35)46)32-23-25-38-42(27-32)50-43-28-33(24-26-39(43)47(38,3)4)45-48-40(30-15-7-5-8-16-30)29-41(49-45)31-17-9-6-10-18-31/h5-29,44H,1-4H3. The molecule has 3 heteroatoms. The summed E-state index contributed by atoms with van der Waals surface area (Å²) in [5.74, 6) is 2.54. The monoisotopic (exact) mass is 646 g/mol. The molecule has 0 atom stereocenters. The minimum atomic E-state index is -0.258. The number of hydrogen-bond donors (Lipinski definition) is 0. The van der Waals surface area contributed by atoms with E-state index < -0.39 is 0 Å². The zero-order valence-electron chi connectivity index (χ0n) is 28.8. The van der Waals surface area contributed by atoms with Gasteiger partial charge in [0.05, 0.1) is 11.4 Å². The van der Waals surface area contributed by atoms with Gasteiger partial charge in [-0.15, -0.1) is 0 Å². The fourth-order valence-electron chi connectivity index (χ4n) is 8.24. The molecule has 1 aliphatic heterocycles. The summed E-state index contributed by atoms with van der Waals surface area (Å²) in [6, 6.07) is 53.9. The topological polar surface area (TPSA) is 35.0 Å². The average Bonchev–Trinajstić information content (AvgIpc) is 3.15. The van der Waals surface area contributed by atoms with Crippen molar-refractivity contribution in [3.8, 4) is 45.4 Å². The van der Waals surface area contributed by atoms with Crippen LogP contribution in [-0.2, 0) is 10.8 Å². The van der Waals surface area contributed by atoms with Gasteiger partial charge in [0.1, 0.15) is 11.5 Å². The van der Waals surface area contributed by atoms with Crippen molar-refractivity contribution in [3.05, 3.63) is 191 Å². The molecule has 50 heavy (non-hydrogen) atoms. The van der Waals surface area contributed by atoms with Gasteiger partial charge in [-0.1, -0.05) is 161 Å². The van der Waals surface area contributed by atoms with Crippen molar-refractivity contribution in [1.82, 2.24) is 9.97 Å². The Morgan fingerprint density at radius 2 is 0.920 bits per heavy atom. The van der Waals surface area contributed by atoms with Gasteiger partial charge in [-0.3, -0.25) is 0 Å². The summed E-state index contributed by atoms with van der Waals surface area (Å²) in [6.45, 7) is 9.27. The van der Waals surface area contributed by atoms with E-state index in [4.69, 9.17) is 14.7 Å². The molecule has 7 aromatic rings. The molecule has 6 aromatic carbocycles. The van der Waals surface area contributed by atoms with E-state index in [9.17, 15) is 0 Å². The molecule has 0 saturated carbocycles. The quantitative estimate of drug-likeness (QED) is 0.191. The van der Waals surface area contributed by atoms with Crippen LogP contribution in [0.1, 0.15) is 72.6 Å². The molecule has 9 rings (SSSR count). The summed E-state index contributed by atoms with van der Waals surface area (Å²) in [6.07, 6.45) is 0. The zero-order valence-corrected chi connectivity index (χ0v) is 28.8. The van der Waals surface area contributed by atoms with E-state index in [0.717, 1.165) is 45.1 Å². The summed E-state index contributed by atoms with van der Waals surface area (Å²) < 4.78 is 6.90. The number of rotatable bonds is 4. The lowest BCUT2D eigenvalue weighted by molar-refractivity contribution is 0.417. The Morgan fingerprint density at radius 3 is 1.50 bits per heavy atom. The van der Waals surface area contributed by atoms with Crippen LogP contribution in [0.4, 0.5) is 0 Å². The predicted octanol–water partition coefficient (Wildman–Crippen LogP) is 11.7. The van der Waals surface area contributed by atoms with Gasteiger partial charge < -0.3 is 4.74 Å². The smallest absolute Gasteiger partial charge is 0.160 e. The Hall–Kier alpha value is -5.80. The van der Waals surface area contributed by atoms with E-state index in [1.165, 1.54) is 33.4 Å². The summed E-state index contributed by atoms with van der Waals surface area (Å²) in [4.78, 5) is 10.2. The maximum absolute atomic E-state index is 6.90. The number of ether oxygens (including phenoxy) is 1. The van der Waals surface area contributed by atoms with Gasteiger partial charge in [0, 0.05) is 44.6 Å². The lowest BCUT2D eigenvalue weighted by Crippen LogP contribution is -2.30. The molecule has 3 nitrogen and oxygen atoms in total. The minimum absolute atomic E-state index is 0.0774. The highest BCUT2D eigenvalue weighted by Gasteiger charge is 2.39. The fraction of sp³-hybridized carbons (Fsp3) is 0.149. The first kappa shape index (κ1) is 30.3. The van der Waals surface area contributed by atoms with Crippen LogP contribution in [0.3, 0.4) is 0 Å². The fourth-order valence-corrected chi connectivity index (χ4v) is 8.24. The van der Waals surface area contributed by atoms with E-state index in [1.807, 2.05) is 36.4 Å². The number of aromatic nitrogens is 2. The van der Waals surface area contributed by atoms with Crippen molar-refractivity contribution in [2.45, 2.75) is 44.4 Å². The molecular weight excluding hydrogens is 609 g/mol. The van der Waals surface area contributed by atoms with Crippen molar-refractivity contribution < 1.29 is 4.74 Å². The summed E-state index contributed by atoms with van der Waals surface area (Å²) in [5, 5.41) is 0. The minimum Gasteiger partial charge on any atom is -0.457 e. The first-order valence-electron chi connectivity index (χ1n) is 17.4. The average molecular weight is 647 g/mol. The van der Waals surface area contributed by atoms with Gasteiger partial charge in [0.25, 0.3) is 0 Å². The number of hydrogen-bond acceptors (Lipinski definition) is 3. The van der Waals surface area contributed by atoms with Crippen molar-refractivity contribution in [3.63, 3.8) is 0 Å². The molecular formula is C47H38N2O. The number of fused-ring (bicyclic) bond motifs is 4. The second-order valence-corrected chi connectivity index (χ2v) is 14.6. The highest BCUT2D eigenvalue weighted by atomic mass is 16.5. The number of benzene rings is 6. The van der Waals surface area contributed by atoms with Crippen LogP contribution < -0.4 is 4.74 Å². The molecule has 0 N–H and O–H groups in total. The number of nitrogens with zero attached hydrogens (tertiary/aromatic N) is 2. The van der Waals surface area contributed by atoms with E-state index >= 15 is 0 Å². The van der Waals surface area contributed by atoms with Gasteiger partial charge in [0.15, 0.2) is 5.82 Å². The third-order valence-corrected chi connectivity index (χ3v) is 10.9. The Morgan fingerprint density at radius 1 is 0.440 bits per heavy atom. The van der Waals surface area contributed by atoms with Gasteiger partial charge in [-0.2, -0.15) is 0 Å². The molecule has 0 amide bonds. The van der Waals surface area contributed by atoms with Crippen molar-refractivity contribution in [1.29, 1.82) is 0 Å². The van der Waals surface area contributed by atoms with Gasteiger partial charge >= 0.3 is 0 Å². The Kier molecular flexibility index (Phi) is 6.89. The van der Waals surface area contributed by atoms with Crippen molar-refractivity contribution in [2.75, 3.05) is 0 Å². The van der Waals surface area contributed by atoms with Crippen LogP contribution in [0.25, 0.3) is 33.9 Å². The maximum Gasteiger partial charge on any atom is 0.160 e. The van der Waals surface area contributed by atoms with Crippen molar-refractivity contribution >= 4 is 0 Å². The van der Waals surface area contributed by atoms with Gasteiger partial charge in [-0.25, -0.2) is 9.97 Å². The maximum atomic E-state index is 6.90. The van der Waals surface area contributed by atoms with Crippen LogP contribution in [-0.4, -0.2) is 9.97 Å². The molecule has 242 valence electrons. The zero-order chi connectivity index (χ0) is 34.0. The Bertz CT molecular complexity index is 2300. The SMILES string of the molecule is CC1(C)c2ccc(-c3nc(-c4ccccc4)cc(-c4ccccc4)n3)cc2Oc2cc(C3c4ccccc4C(C)(C)c4ccccc43)ccc21. The van der Waals surface area contributed by atoms with E-state index in [2.05, 4.69) is 143 Å². The molecule has 2 heterocycles. The van der Waals surface area contributed by atoms with Crippen LogP contribution in [0.2, 0.25) is 0 Å². The highest BCUT2D eigenvalue weighted by molar-refractivity contribution is 5.73. The van der Waals surface area contributed by atoms with Crippen LogP contribution in [0.5, 0.6) is 11.5 Å². The first-order valence-corrected chi connectivity index (χ1v) is 17.4. The lowest BCUT2D eigenvalue weighted by atomic mass is 9.63. The molecule has 0 spiro atoms. The second kappa shape index (κ2) is 11.4. The predicted molar refractivity (Wildman–Crippen MR) is 203 cm³/mol. The largest absolute Gasteiger partial charge is 0.457 e. The molecule has 0 saturated heterocycles. The van der Waals surface area contributed by atoms with E-state index in [0.29, 0.717) is 5.82 Å².